The quantitative estimate of drug-likeness (QED) is 0.571. The number of ether oxygens (including phenoxy) is 2. The van der Waals surface area contributed by atoms with Gasteiger partial charge in [-0.05, 0) is 49.6 Å². The van der Waals surface area contributed by atoms with E-state index in [0.29, 0.717) is 13.2 Å². The molecular weight excluding hydrogens is 406 g/mol. The summed E-state index contributed by atoms with van der Waals surface area (Å²) in [5.74, 6) is 0.499. The minimum atomic E-state index is -0.312. The minimum Gasteiger partial charge on any atom is -0.497 e. The summed E-state index contributed by atoms with van der Waals surface area (Å²) in [6, 6.07) is 13.8. The zero-order valence-electron chi connectivity index (χ0n) is 18.7. The second-order valence-electron chi connectivity index (χ2n) is 7.97. The van der Waals surface area contributed by atoms with Gasteiger partial charge < -0.3 is 24.7 Å². The third kappa shape index (κ3) is 4.28. The fourth-order valence-electron chi connectivity index (χ4n) is 4.31. The Morgan fingerprint density at radius 3 is 2.69 bits per heavy atom. The van der Waals surface area contributed by atoms with E-state index in [9.17, 15) is 9.59 Å². The zero-order valence-corrected chi connectivity index (χ0v) is 18.7. The average Bonchev–Trinajstić information content (AvgIpc) is 3.17. The van der Waals surface area contributed by atoms with Crippen LogP contribution >= 0.6 is 0 Å². The number of methoxy groups -OCH3 is 1. The van der Waals surface area contributed by atoms with Gasteiger partial charge in [-0.3, -0.25) is 4.79 Å². The topological polar surface area (TPSA) is 83.7 Å². The second-order valence-corrected chi connectivity index (χ2v) is 7.97. The molecule has 0 radical (unpaired) electrons. The van der Waals surface area contributed by atoms with Gasteiger partial charge in [-0.15, -0.1) is 0 Å². The Bertz CT molecular complexity index is 1120. The van der Waals surface area contributed by atoms with Crippen molar-refractivity contribution in [3.05, 3.63) is 64.8 Å². The third-order valence-electron chi connectivity index (χ3n) is 5.90. The first-order valence-electron chi connectivity index (χ1n) is 11.0. The molecule has 0 saturated heterocycles. The van der Waals surface area contributed by atoms with E-state index in [4.69, 9.17) is 9.47 Å². The van der Waals surface area contributed by atoms with E-state index in [1.807, 2.05) is 30.0 Å². The van der Waals surface area contributed by atoms with Gasteiger partial charge in [0.2, 0.25) is 0 Å². The van der Waals surface area contributed by atoms with E-state index in [2.05, 4.69) is 34.6 Å². The number of carbonyl (C=O) groups is 2. The summed E-state index contributed by atoms with van der Waals surface area (Å²) in [7, 11) is 1.66. The SMILES string of the molecule is CCOC(=O)CCNC(=O)N1CCc2c([nH]c3ccc(OC)cc23)[C@@H]1c1ccc(C)cc1. The number of H-pyrrole nitrogens is 1. The fourth-order valence-corrected chi connectivity index (χ4v) is 4.31. The molecule has 0 aliphatic carbocycles. The number of benzene rings is 2. The van der Waals surface area contributed by atoms with Crippen LogP contribution in [0.2, 0.25) is 0 Å². The highest BCUT2D eigenvalue weighted by Gasteiger charge is 2.34. The van der Waals surface area contributed by atoms with E-state index < -0.39 is 0 Å². The molecular formula is C25H29N3O4. The molecule has 2 aromatic carbocycles. The lowest BCUT2D eigenvalue weighted by Gasteiger charge is -2.36. The summed E-state index contributed by atoms with van der Waals surface area (Å²) in [5, 5.41) is 4.01. The van der Waals surface area contributed by atoms with E-state index in [1.54, 1.807) is 14.0 Å². The molecule has 7 heteroatoms. The van der Waals surface area contributed by atoms with Crippen LogP contribution in [0.15, 0.2) is 42.5 Å². The lowest BCUT2D eigenvalue weighted by atomic mass is 9.92. The van der Waals surface area contributed by atoms with Crippen LogP contribution in [0, 0.1) is 6.92 Å². The van der Waals surface area contributed by atoms with Crippen molar-refractivity contribution in [1.29, 1.82) is 0 Å². The first-order valence-corrected chi connectivity index (χ1v) is 11.0. The standard InChI is InChI=1S/C25H29N3O4/c1-4-32-22(29)11-13-26-25(30)28-14-12-19-20-15-18(31-3)9-10-21(20)27-23(19)24(28)17-7-5-16(2)6-8-17/h5-10,15,24,27H,4,11-14H2,1-3H3,(H,26,30)/t24-/m0/s1. The number of esters is 1. The molecule has 32 heavy (non-hydrogen) atoms. The number of rotatable bonds is 6. The van der Waals surface area contributed by atoms with Crippen LogP contribution in [0.25, 0.3) is 10.9 Å². The van der Waals surface area contributed by atoms with E-state index >= 15 is 0 Å². The predicted octanol–water partition coefficient (Wildman–Crippen LogP) is 4.10. The number of nitrogens with zero attached hydrogens (tertiary/aromatic N) is 1. The maximum absolute atomic E-state index is 13.1. The molecule has 0 saturated carbocycles. The second kappa shape index (κ2) is 9.34. The van der Waals surface area contributed by atoms with Gasteiger partial charge in [-0.2, -0.15) is 0 Å². The molecule has 0 bridgehead atoms. The van der Waals surface area contributed by atoms with Crippen molar-refractivity contribution in [2.45, 2.75) is 32.7 Å². The van der Waals surface area contributed by atoms with Crippen LogP contribution in [0.4, 0.5) is 4.79 Å². The number of hydrogen-bond donors (Lipinski definition) is 2. The summed E-state index contributed by atoms with van der Waals surface area (Å²) in [6.45, 7) is 4.96. The fraction of sp³-hybridized carbons (Fsp3) is 0.360. The van der Waals surface area contributed by atoms with Crippen LogP contribution in [0.1, 0.15) is 41.8 Å². The zero-order chi connectivity index (χ0) is 22.7. The highest BCUT2D eigenvalue weighted by Crippen LogP contribution is 2.39. The van der Waals surface area contributed by atoms with Crippen molar-refractivity contribution < 1.29 is 19.1 Å². The molecule has 2 amide bonds. The maximum Gasteiger partial charge on any atom is 0.318 e. The number of urea groups is 1. The lowest BCUT2D eigenvalue weighted by molar-refractivity contribution is -0.142. The molecule has 0 unspecified atom stereocenters. The minimum absolute atomic E-state index is 0.153. The molecule has 2 N–H and O–H groups in total. The molecule has 7 nitrogen and oxygen atoms in total. The molecule has 3 aromatic rings. The van der Waals surface area contributed by atoms with Gasteiger partial charge in [-0.25, -0.2) is 4.79 Å². The molecule has 1 aromatic heterocycles. The molecule has 1 atom stereocenters. The predicted molar refractivity (Wildman–Crippen MR) is 123 cm³/mol. The third-order valence-corrected chi connectivity index (χ3v) is 5.90. The molecule has 0 fully saturated rings. The monoisotopic (exact) mass is 435 g/mol. The number of hydrogen-bond acceptors (Lipinski definition) is 4. The summed E-state index contributed by atoms with van der Waals surface area (Å²) in [6.07, 6.45) is 0.885. The van der Waals surface area contributed by atoms with Gasteiger partial charge in [0.05, 0.1) is 26.2 Å². The van der Waals surface area contributed by atoms with Gasteiger partial charge >= 0.3 is 12.0 Å². The molecule has 2 heterocycles. The number of aromatic amines is 1. The smallest absolute Gasteiger partial charge is 0.318 e. The van der Waals surface area contributed by atoms with Crippen molar-refractivity contribution in [1.82, 2.24) is 15.2 Å². The molecule has 0 spiro atoms. The Balaban J connectivity index is 1.66. The number of aryl methyl sites for hydroxylation is 1. The van der Waals surface area contributed by atoms with Crippen LogP contribution in [-0.2, 0) is 16.0 Å². The Hall–Kier alpha value is -3.48. The Morgan fingerprint density at radius 2 is 1.97 bits per heavy atom. The summed E-state index contributed by atoms with van der Waals surface area (Å²) in [5.41, 5.74) is 5.45. The van der Waals surface area contributed by atoms with E-state index in [0.717, 1.165) is 39.9 Å². The van der Waals surface area contributed by atoms with Gasteiger partial charge in [0.1, 0.15) is 5.75 Å². The molecule has 4 rings (SSSR count). The van der Waals surface area contributed by atoms with Gasteiger partial charge in [0.25, 0.3) is 0 Å². The first-order chi connectivity index (χ1) is 15.5. The van der Waals surface area contributed by atoms with E-state index in [1.165, 1.54) is 5.56 Å². The largest absolute Gasteiger partial charge is 0.497 e. The van der Waals surface area contributed by atoms with Crippen LogP contribution in [0.5, 0.6) is 5.75 Å². The number of amides is 2. The van der Waals surface area contributed by atoms with Gasteiger partial charge in [0, 0.05) is 29.7 Å². The number of fused-ring (bicyclic) bond motifs is 3. The van der Waals surface area contributed by atoms with Crippen LogP contribution in [0.3, 0.4) is 0 Å². The van der Waals surface area contributed by atoms with Crippen LogP contribution < -0.4 is 10.1 Å². The Kier molecular flexibility index (Phi) is 6.35. The molecule has 1 aliphatic heterocycles. The highest BCUT2D eigenvalue weighted by molar-refractivity contribution is 5.87. The summed E-state index contributed by atoms with van der Waals surface area (Å²) >= 11 is 0. The molecule has 168 valence electrons. The van der Waals surface area contributed by atoms with E-state index in [-0.39, 0.29) is 31.0 Å². The van der Waals surface area contributed by atoms with Gasteiger partial charge in [0.15, 0.2) is 0 Å². The number of carbonyl (C=O) groups excluding carboxylic acids is 2. The maximum atomic E-state index is 13.1. The van der Waals surface area contributed by atoms with Crippen molar-refractivity contribution >= 4 is 22.9 Å². The lowest BCUT2D eigenvalue weighted by Crippen LogP contribution is -2.46. The van der Waals surface area contributed by atoms with Crippen molar-refractivity contribution in [2.75, 3.05) is 26.8 Å². The average molecular weight is 436 g/mol. The highest BCUT2D eigenvalue weighted by atomic mass is 16.5. The van der Waals surface area contributed by atoms with Crippen molar-refractivity contribution in [3.63, 3.8) is 0 Å². The Morgan fingerprint density at radius 1 is 1.19 bits per heavy atom. The normalized spacial score (nSPS) is 15.3. The van der Waals surface area contributed by atoms with Crippen molar-refractivity contribution in [3.8, 4) is 5.75 Å². The molecule has 1 aliphatic rings. The van der Waals surface area contributed by atoms with Crippen molar-refractivity contribution in [2.24, 2.45) is 0 Å². The summed E-state index contributed by atoms with van der Waals surface area (Å²) < 4.78 is 10.4. The van der Waals surface area contributed by atoms with Gasteiger partial charge in [-0.1, -0.05) is 29.8 Å². The number of aromatic nitrogens is 1. The Labute approximate surface area is 187 Å². The number of nitrogens with one attached hydrogen (secondary N) is 2. The summed E-state index contributed by atoms with van der Waals surface area (Å²) in [4.78, 5) is 30.2. The first kappa shape index (κ1) is 21.7. The van der Waals surface area contributed by atoms with Crippen LogP contribution in [-0.4, -0.2) is 48.7 Å².